The maximum absolute atomic E-state index is 6.60. The van der Waals surface area contributed by atoms with Crippen molar-refractivity contribution in [1.82, 2.24) is 14.5 Å². The standard InChI is InChI=1S/C44H30N4O/c1-2-15-29(16-3-1)47-36-22-10-7-18-31(36)40-33(20-12-23-37(40)47)42-45-43(41-32-19-8-11-24-39(32)49-44(41)46-42)48-35-21-9-6-17-30(35)34-25-27-13-4-5-14-28(27)26-38(34)48/h1-13,15-26,28,43H,14H2,(H,45,46). The predicted octanol–water partition coefficient (Wildman–Crippen LogP) is 8.79. The summed E-state index contributed by atoms with van der Waals surface area (Å²) in [5.41, 5.74) is 8.92. The molecule has 2 atom stereocenters. The third kappa shape index (κ3) is 3.78. The van der Waals surface area contributed by atoms with E-state index < -0.39 is 0 Å². The quantitative estimate of drug-likeness (QED) is 0.212. The number of benzene rings is 5. The molecule has 11 rings (SSSR count). The molecule has 0 fully saturated rings. The molecule has 3 aromatic heterocycles. The molecule has 1 aliphatic heterocycles. The van der Waals surface area contributed by atoms with Crippen LogP contribution < -0.4 is 15.9 Å². The van der Waals surface area contributed by atoms with Gasteiger partial charge in [0.05, 0.1) is 22.1 Å². The second-order valence-electron chi connectivity index (χ2n) is 13.1. The summed E-state index contributed by atoms with van der Waals surface area (Å²) in [6, 6.07) is 42.9. The minimum Gasteiger partial charge on any atom is -0.438 e. The first-order chi connectivity index (χ1) is 24.3. The van der Waals surface area contributed by atoms with E-state index in [0.29, 0.717) is 11.8 Å². The molecule has 0 amide bonds. The first-order valence-corrected chi connectivity index (χ1v) is 17.0. The topological polar surface area (TPSA) is 47.4 Å². The molecule has 232 valence electrons. The predicted molar refractivity (Wildman–Crippen MR) is 200 cm³/mol. The fourth-order valence-electron chi connectivity index (χ4n) is 8.39. The number of aromatic nitrogens is 2. The van der Waals surface area contributed by atoms with Crippen LogP contribution in [0.15, 0.2) is 155 Å². The highest BCUT2D eigenvalue weighted by Gasteiger charge is 2.33. The lowest BCUT2D eigenvalue weighted by Crippen LogP contribution is -2.43. The molecule has 0 spiro atoms. The summed E-state index contributed by atoms with van der Waals surface area (Å²) in [7, 11) is 0. The van der Waals surface area contributed by atoms with Crippen molar-refractivity contribution in [3.63, 3.8) is 0 Å². The van der Waals surface area contributed by atoms with Crippen LogP contribution in [0.5, 0.6) is 0 Å². The normalized spacial score (nSPS) is 18.0. The van der Waals surface area contributed by atoms with E-state index in [-0.39, 0.29) is 6.17 Å². The zero-order valence-corrected chi connectivity index (χ0v) is 26.5. The molecule has 2 aliphatic carbocycles. The van der Waals surface area contributed by atoms with E-state index in [1.54, 1.807) is 0 Å². The average molecular weight is 631 g/mol. The molecule has 0 bridgehead atoms. The fraction of sp³-hybridized carbons (Fsp3) is 0.0682. The number of hydrogen-bond acceptors (Lipinski definition) is 3. The van der Waals surface area contributed by atoms with Crippen molar-refractivity contribution in [2.75, 3.05) is 0 Å². The van der Waals surface area contributed by atoms with Gasteiger partial charge >= 0.3 is 0 Å². The monoisotopic (exact) mass is 630 g/mol. The number of nitrogens with zero attached hydrogens (tertiary/aromatic N) is 3. The minimum absolute atomic E-state index is 0.258. The molecular weight excluding hydrogens is 601 g/mol. The average Bonchev–Trinajstić information content (AvgIpc) is 3.81. The minimum atomic E-state index is -0.258. The summed E-state index contributed by atoms with van der Waals surface area (Å²) < 4.78 is 11.4. The molecule has 2 unspecified atom stereocenters. The summed E-state index contributed by atoms with van der Waals surface area (Å²) in [5, 5.41) is 11.2. The molecule has 5 aromatic carbocycles. The number of fused-ring (bicyclic) bond motifs is 10. The van der Waals surface area contributed by atoms with Gasteiger partial charge in [-0.3, -0.25) is 0 Å². The molecule has 3 aliphatic rings. The molecule has 5 heteroatoms. The second kappa shape index (κ2) is 10.1. The van der Waals surface area contributed by atoms with Crippen molar-refractivity contribution >= 4 is 67.5 Å². The van der Waals surface area contributed by atoms with Crippen LogP contribution in [-0.2, 0) is 0 Å². The summed E-state index contributed by atoms with van der Waals surface area (Å²) in [6.45, 7) is 0. The smallest absolute Gasteiger partial charge is 0.229 e. The Kier molecular flexibility index (Phi) is 5.50. The summed E-state index contributed by atoms with van der Waals surface area (Å²) >= 11 is 0. The number of aliphatic imine (C=N–C) groups is 1. The first kappa shape index (κ1) is 26.7. The van der Waals surface area contributed by atoms with Crippen molar-refractivity contribution in [3.8, 4) is 5.69 Å². The van der Waals surface area contributed by atoms with E-state index in [1.165, 1.54) is 32.4 Å². The number of hydrogen-bond donors (Lipinski definition) is 1. The van der Waals surface area contributed by atoms with Crippen LogP contribution in [0, 0.1) is 5.92 Å². The van der Waals surface area contributed by atoms with E-state index in [0.717, 1.165) is 56.5 Å². The Morgan fingerprint density at radius 3 is 2.37 bits per heavy atom. The second-order valence-corrected chi connectivity index (χ2v) is 13.1. The maximum atomic E-state index is 6.60. The number of nitrogens with one attached hydrogen (secondary N) is 1. The van der Waals surface area contributed by atoms with Crippen LogP contribution in [0.25, 0.3) is 61.5 Å². The van der Waals surface area contributed by atoms with Gasteiger partial charge in [-0.15, -0.1) is 0 Å². The van der Waals surface area contributed by atoms with Crippen molar-refractivity contribution in [2.24, 2.45) is 10.9 Å². The van der Waals surface area contributed by atoms with Gasteiger partial charge in [-0.05, 0) is 54.5 Å². The van der Waals surface area contributed by atoms with Crippen molar-refractivity contribution in [2.45, 2.75) is 12.6 Å². The zero-order valence-electron chi connectivity index (χ0n) is 26.5. The number of rotatable bonds is 3. The maximum Gasteiger partial charge on any atom is 0.229 e. The van der Waals surface area contributed by atoms with E-state index in [4.69, 9.17) is 9.41 Å². The van der Waals surface area contributed by atoms with Crippen LogP contribution in [0.2, 0.25) is 0 Å². The highest BCUT2D eigenvalue weighted by Crippen LogP contribution is 2.42. The van der Waals surface area contributed by atoms with Crippen molar-refractivity contribution in [3.05, 3.63) is 167 Å². The molecule has 0 radical (unpaired) electrons. The van der Waals surface area contributed by atoms with Crippen LogP contribution in [0.4, 0.5) is 5.88 Å². The number of para-hydroxylation sites is 4. The molecule has 1 N–H and O–H groups in total. The Hall–Kier alpha value is -6.33. The Morgan fingerprint density at radius 2 is 1.47 bits per heavy atom. The molecule has 49 heavy (non-hydrogen) atoms. The van der Waals surface area contributed by atoms with E-state index in [2.05, 4.69) is 154 Å². The van der Waals surface area contributed by atoms with Gasteiger partial charge in [0, 0.05) is 49.3 Å². The van der Waals surface area contributed by atoms with E-state index in [9.17, 15) is 0 Å². The Bertz CT molecular complexity index is 2900. The largest absolute Gasteiger partial charge is 0.438 e. The Morgan fingerprint density at radius 1 is 0.714 bits per heavy atom. The molecule has 4 heterocycles. The van der Waals surface area contributed by atoms with Crippen LogP contribution in [0.1, 0.15) is 23.7 Å². The van der Waals surface area contributed by atoms with Crippen LogP contribution >= 0.6 is 0 Å². The first-order valence-electron chi connectivity index (χ1n) is 17.0. The number of allylic oxidation sites excluding steroid dienone is 4. The lowest BCUT2D eigenvalue weighted by atomic mass is 9.87. The third-order valence-electron chi connectivity index (χ3n) is 10.5. The fourth-order valence-corrected chi connectivity index (χ4v) is 8.39. The van der Waals surface area contributed by atoms with Gasteiger partial charge in [-0.25, -0.2) is 0 Å². The van der Waals surface area contributed by atoms with E-state index in [1.807, 2.05) is 12.1 Å². The van der Waals surface area contributed by atoms with Gasteiger partial charge in [-0.2, -0.15) is 4.99 Å². The molecular formula is C44H30N4O. The summed E-state index contributed by atoms with van der Waals surface area (Å²) in [4.78, 5) is 5.29. The van der Waals surface area contributed by atoms with Gasteiger partial charge in [0.2, 0.25) is 5.88 Å². The highest BCUT2D eigenvalue weighted by molar-refractivity contribution is 6.21. The lowest BCUT2D eigenvalue weighted by Gasteiger charge is -2.28. The van der Waals surface area contributed by atoms with E-state index >= 15 is 0 Å². The van der Waals surface area contributed by atoms with Gasteiger partial charge < -0.3 is 18.9 Å². The molecule has 0 saturated carbocycles. The Labute approximate surface area is 281 Å². The van der Waals surface area contributed by atoms with Gasteiger partial charge in [0.1, 0.15) is 17.6 Å². The van der Waals surface area contributed by atoms with Gasteiger partial charge in [-0.1, -0.05) is 109 Å². The zero-order chi connectivity index (χ0) is 32.1. The third-order valence-corrected chi connectivity index (χ3v) is 10.5. The highest BCUT2D eigenvalue weighted by atomic mass is 16.3. The molecule has 8 aromatic rings. The van der Waals surface area contributed by atoms with Crippen molar-refractivity contribution in [1.29, 1.82) is 0 Å². The summed E-state index contributed by atoms with van der Waals surface area (Å²) in [5.74, 6) is 1.79. The number of furan rings is 1. The van der Waals surface area contributed by atoms with Gasteiger partial charge in [0.25, 0.3) is 0 Å². The SMILES string of the molecule is C1=CCC2C=c3c(c4ccccc4n3C3NC(c4cccc5c4c4ccccc4n5-c4ccccc4)=Nc4oc5ccccc5c43)=CC2=C1. The van der Waals surface area contributed by atoms with Crippen LogP contribution in [0.3, 0.4) is 0 Å². The van der Waals surface area contributed by atoms with Crippen molar-refractivity contribution < 1.29 is 4.42 Å². The Balaban J connectivity index is 1.20. The summed E-state index contributed by atoms with van der Waals surface area (Å²) in [6.07, 6.45) is 12.3. The molecule has 5 nitrogen and oxygen atoms in total. The van der Waals surface area contributed by atoms with Crippen LogP contribution in [-0.4, -0.2) is 15.0 Å². The number of amidine groups is 1. The lowest BCUT2D eigenvalue weighted by molar-refractivity contribution is 0.529. The van der Waals surface area contributed by atoms with Gasteiger partial charge in [0.15, 0.2) is 0 Å². The molecule has 0 saturated heterocycles.